The summed E-state index contributed by atoms with van der Waals surface area (Å²) in [7, 11) is 2.41. The van der Waals surface area contributed by atoms with Gasteiger partial charge in [0.05, 0.1) is 66.6 Å². The van der Waals surface area contributed by atoms with Crippen molar-refractivity contribution < 1.29 is 44.0 Å². The fraction of sp³-hybridized carbons (Fsp3) is 0.275. The van der Waals surface area contributed by atoms with Gasteiger partial charge in [0.1, 0.15) is 22.2 Å². The van der Waals surface area contributed by atoms with Crippen LogP contribution >= 0.6 is 0 Å². The quantitative estimate of drug-likeness (QED) is 0.165. The van der Waals surface area contributed by atoms with E-state index in [-0.39, 0.29) is 37.6 Å². The minimum atomic E-state index is -1.93. The minimum Gasteiger partial charge on any atom is -0.477 e. The van der Waals surface area contributed by atoms with Crippen LogP contribution in [0.2, 0.25) is 0 Å². The van der Waals surface area contributed by atoms with Crippen LogP contribution in [0.4, 0.5) is 0 Å². The number of esters is 2. The predicted octanol–water partition coefficient (Wildman–Crippen LogP) is 3.22. The lowest BCUT2D eigenvalue weighted by molar-refractivity contribution is -0.255. The van der Waals surface area contributed by atoms with Crippen molar-refractivity contribution >= 4 is 23.9 Å². The molecule has 5 aromatic rings. The summed E-state index contributed by atoms with van der Waals surface area (Å²) in [5.41, 5.74) is -1.98. The first-order valence-corrected chi connectivity index (χ1v) is 17.5. The van der Waals surface area contributed by atoms with Crippen LogP contribution in [0.3, 0.4) is 0 Å². The lowest BCUT2D eigenvalue weighted by atomic mass is 9.53. The number of likely N-dealkylation sites (tertiary alicyclic amines) is 2. The number of carboxylic acid groups (broad SMARTS) is 2. The number of pyridine rings is 5. The molecule has 56 heavy (non-hydrogen) atoms. The third-order valence-corrected chi connectivity index (χ3v) is 10.4. The van der Waals surface area contributed by atoms with Crippen molar-refractivity contribution in [2.75, 3.05) is 27.3 Å². The van der Waals surface area contributed by atoms with Crippen LogP contribution in [0.5, 0.6) is 0 Å². The molecule has 7 heterocycles. The molecule has 286 valence electrons. The van der Waals surface area contributed by atoms with Gasteiger partial charge >= 0.3 is 23.9 Å². The summed E-state index contributed by atoms with van der Waals surface area (Å²) in [5, 5.41) is 32.2. The molecule has 5 aromatic heterocycles. The number of ether oxygens (including phenoxy) is 2. The molecule has 16 nitrogen and oxygen atoms in total. The molecule has 2 aliphatic rings. The third kappa shape index (κ3) is 6.52. The number of piperidine rings is 2. The van der Waals surface area contributed by atoms with E-state index in [2.05, 4.69) is 9.97 Å². The van der Waals surface area contributed by atoms with Crippen LogP contribution in [0.1, 0.15) is 55.8 Å². The third-order valence-electron chi connectivity index (χ3n) is 10.4. The Hall–Kier alpha value is -6.49. The van der Waals surface area contributed by atoms with Gasteiger partial charge in [0.2, 0.25) is 0 Å². The zero-order valence-corrected chi connectivity index (χ0v) is 30.3. The van der Waals surface area contributed by atoms with Crippen LogP contribution in [0, 0.1) is 10.8 Å². The molecule has 3 N–H and O–H groups in total. The van der Waals surface area contributed by atoms with Gasteiger partial charge in [-0.1, -0.05) is 30.3 Å². The number of fused-ring (bicyclic) bond motifs is 2. The molecule has 0 aliphatic carbocycles. The Morgan fingerprint density at radius 2 is 1.12 bits per heavy atom. The van der Waals surface area contributed by atoms with Crippen molar-refractivity contribution in [2.24, 2.45) is 10.8 Å². The van der Waals surface area contributed by atoms with Gasteiger partial charge in [0.25, 0.3) is 0 Å². The van der Waals surface area contributed by atoms with Crippen LogP contribution in [0.25, 0.3) is 11.4 Å². The van der Waals surface area contributed by atoms with Gasteiger partial charge in [-0.05, 0) is 60.7 Å². The number of nitrogens with zero attached hydrogens (tertiary/aromatic N) is 7. The van der Waals surface area contributed by atoms with E-state index in [0.717, 1.165) is 0 Å². The SMILES string of the molecule is COC(=O)C12CN(Cc3cccc(C(=O)O)n3)CC(C(=O)OC)(C(c3ccccn3)N(Cc3cccc(-c4cccc(C(=O)O)n4)n3)C1c1ccccn1)C2O. The van der Waals surface area contributed by atoms with Crippen molar-refractivity contribution in [1.82, 2.24) is 34.7 Å². The van der Waals surface area contributed by atoms with Crippen molar-refractivity contribution in [3.8, 4) is 11.4 Å². The number of aromatic nitrogens is 5. The molecule has 4 atom stereocenters. The van der Waals surface area contributed by atoms with Crippen LogP contribution in [-0.4, -0.2) is 107 Å². The Morgan fingerprint density at radius 1 is 0.643 bits per heavy atom. The number of rotatable bonds is 11. The molecule has 0 spiro atoms. The summed E-state index contributed by atoms with van der Waals surface area (Å²) in [6.45, 7) is -0.405. The Kier molecular flexibility index (Phi) is 10.4. The van der Waals surface area contributed by atoms with E-state index in [1.54, 1.807) is 96.2 Å². The van der Waals surface area contributed by atoms with E-state index in [1.165, 1.54) is 26.4 Å². The van der Waals surface area contributed by atoms with E-state index in [9.17, 15) is 34.5 Å². The largest absolute Gasteiger partial charge is 0.477 e. The molecule has 0 aromatic carbocycles. The molecule has 7 rings (SSSR count). The Labute approximate surface area is 320 Å². The second-order valence-corrected chi connectivity index (χ2v) is 13.6. The van der Waals surface area contributed by atoms with E-state index in [1.807, 2.05) is 4.90 Å². The minimum absolute atomic E-state index is 0.0127. The molecule has 16 heteroatoms. The van der Waals surface area contributed by atoms with Crippen molar-refractivity contribution in [2.45, 2.75) is 31.3 Å². The molecule has 0 radical (unpaired) electrons. The summed E-state index contributed by atoms with van der Waals surface area (Å²) in [4.78, 5) is 79.4. The predicted molar refractivity (Wildman–Crippen MR) is 195 cm³/mol. The summed E-state index contributed by atoms with van der Waals surface area (Å²) >= 11 is 0. The van der Waals surface area contributed by atoms with Gasteiger partial charge in [0, 0.05) is 38.6 Å². The van der Waals surface area contributed by atoms with E-state index >= 15 is 0 Å². The van der Waals surface area contributed by atoms with Gasteiger partial charge < -0.3 is 24.8 Å². The highest BCUT2D eigenvalue weighted by atomic mass is 16.5. The Bertz CT molecular complexity index is 2200. The van der Waals surface area contributed by atoms with Crippen LogP contribution < -0.4 is 0 Å². The zero-order valence-electron chi connectivity index (χ0n) is 30.3. The molecule has 4 unspecified atom stereocenters. The van der Waals surface area contributed by atoms with E-state index in [4.69, 9.17) is 24.4 Å². The van der Waals surface area contributed by atoms with Gasteiger partial charge in [-0.3, -0.25) is 29.4 Å². The monoisotopic (exact) mass is 759 g/mol. The summed E-state index contributed by atoms with van der Waals surface area (Å²) in [5.74, 6) is -4.07. The maximum Gasteiger partial charge on any atom is 0.354 e. The van der Waals surface area contributed by atoms with Crippen molar-refractivity contribution in [1.29, 1.82) is 0 Å². The fourth-order valence-corrected chi connectivity index (χ4v) is 8.34. The Morgan fingerprint density at radius 3 is 1.62 bits per heavy atom. The highest BCUT2D eigenvalue weighted by molar-refractivity contribution is 5.87. The smallest absolute Gasteiger partial charge is 0.354 e. The number of carboxylic acids is 2. The molecule has 0 amide bonds. The maximum atomic E-state index is 14.7. The average Bonchev–Trinajstić information content (AvgIpc) is 3.22. The molecular formula is C40H37N7O9. The number of carbonyl (C=O) groups excluding carboxylic acids is 2. The van der Waals surface area contributed by atoms with Gasteiger partial charge in [-0.25, -0.2) is 24.5 Å². The standard InChI is InChI=1S/C40H37N7O9/c1-55-37(53)39-22-46(20-24-10-8-16-30(44-24)34(48)49)23-40(36(39)52,38(54)56-2)33(29-13-4-6-19-42-29)47(32(39)28-12-3-5-18-41-28)21-25-11-7-14-26(43-25)27-15-9-17-31(45-27)35(50)51/h3-19,32-33,36,52H,20-23H2,1-2H3,(H,48,49)(H,50,51). The van der Waals surface area contributed by atoms with Crippen molar-refractivity contribution in [3.05, 3.63) is 138 Å². The maximum absolute atomic E-state index is 14.7. The summed E-state index contributed by atoms with van der Waals surface area (Å²) in [6, 6.07) is 22.5. The molecule has 2 bridgehead atoms. The first-order chi connectivity index (χ1) is 27.0. The fourth-order valence-electron chi connectivity index (χ4n) is 8.34. The highest BCUT2D eigenvalue weighted by Gasteiger charge is 2.75. The first-order valence-electron chi connectivity index (χ1n) is 17.5. The number of aliphatic hydroxyl groups is 1. The molecule has 0 saturated carbocycles. The lowest BCUT2D eigenvalue weighted by Gasteiger charge is -2.65. The number of aliphatic hydroxyl groups excluding tert-OH is 1. The van der Waals surface area contributed by atoms with E-state index in [0.29, 0.717) is 34.2 Å². The topological polar surface area (TPSA) is 218 Å². The first kappa shape index (κ1) is 37.8. The second kappa shape index (κ2) is 15.3. The van der Waals surface area contributed by atoms with Crippen LogP contribution in [0.15, 0.2) is 103 Å². The number of methoxy groups -OCH3 is 2. The van der Waals surface area contributed by atoms with Crippen molar-refractivity contribution in [3.63, 3.8) is 0 Å². The molecule has 2 aliphatic heterocycles. The highest BCUT2D eigenvalue weighted by Crippen LogP contribution is 2.63. The zero-order chi connectivity index (χ0) is 39.6. The number of aromatic carboxylic acids is 2. The molecule has 2 fully saturated rings. The van der Waals surface area contributed by atoms with Gasteiger partial charge in [0.15, 0.2) is 0 Å². The van der Waals surface area contributed by atoms with Gasteiger partial charge in [-0.2, -0.15) is 0 Å². The number of hydrogen-bond acceptors (Lipinski definition) is 14. The average molecular weight is 760 g/mol. The summed E-state index contributed by atoms with van der Waals surface area (Å²) in [6.07, 6.45) is 1.39. The Balaban J connectivity index is 1.47. The summed E-state index contributed by atoms with van der Waals surface area (Å²) < 4.78 is 11.1. The van der Waals surface area contributed by atoms with E-state index < -0.39 is 52.9 Å². The number of hydrogen-bond donors (Lipinski definition) is 3. The number of carbonyl (C=O) groups is 4. The molecule has 2 saturated heterocycles. The normalized spacial score (nSPS) is 23.5. The second-order valence-electron chi connectivity index (χ2n) is 13.6. The lowest BCUT2D eigenvalue weighted by Crippen LogP contribution is -2.77. The molecular weight excluding hydrogens is 722 g/mol. The van der Waals surface area contributed by atoms with Gasteiger partial charge in [-0.15, -0.1) is 0 Å². The van der Waals surface area contributed by atoms with Crippen LogP contribution in [-0.2, 0) is 32.2 Å².